The highest BCUT2D eigenvalue weighted by molar-refractivity contribution is 5.86. The van der Waals surface area contributed by atoms with Gasteiger partial charge in [0.25, 0.3) is 0 Å². The minimum Gasteiger partial charge on any atom is -0.356 e. The van der Waals surface area contributed by atoms with E-state index in [-0.39, 0.29) is 24.3 Å². The maximum atomic E-state index is 12.8. The van der Waals surface area contributed by atoms with Gasteiger partial charge in [-0.05, 0) is 50.3 Å². The lowest BCUT2D eigenvalue weighted by molar-refractivity contribution is -0.149. The number of amides is 2. The quantitative estimate of drug-likeness (QED) is 0.872. The molecule has 0 saturated carbocycles. The molecule has 2 aliphatic heterocycles. The molecule has 1 aromatic carbocycles. The van der Waals surface area contributed by atoms with E-state index in [9.17, 15) is 22.8 Å². The van der Waals surface area contributed by atoms with Crippen LogP contribution in [0.5, 0.6) is 0 Å². The zero-order valence-electron chi connectivity index (χ0n) is 14.7. The number of likely N-dealkylation sites (tertiary alicyclic amines) is 1. The Morgan fingerprint density at radius 3 is 2.50 bits per heavy atom. The summed E-state index contributed by atoms with van der Waals surface area (Å²) in [5.74, 6) is -0.127. The van der Waals surface area contributed by atoms with Crippen LogP contribution in [0.3, 0.4) is 0 Å². The van der Waals surface area contributed by atoms with Gasteiger partial charge in [-0.15, -0.1) is 0 Å². The van der Waals surface area contributed by atoms with E-state index < -0.39 is 17.2 Å². The van der Waals surface area contributed by atoms with E-state index in [1.165, 1.54) is 12.1 Å². The van der Waals surface area contributed by atoms with E-state index in [1.807, 2.05) is 6.92 Å². The van der Waals surface area contributed by atoms with Crippen molar-refractivity contribution in [3.8, 4) is 0 Å². The molecule has 2 aliphatic rings. The molecule has 7 heteroatoms. The molecular weight excluding hydrogens is 345 g/mol. The third kappa shape index (κ3) is 3.44. The van der Waals surface area contributed by atoms with Crippen molar-refractivity contribution in [2.75, 3.05) is 13.1 Å². The van der Waals surface area contributed by atoms with E-state index in [4.69, 9.17) is 0 Å². The lowest BCUT2D eigenvalue weighted by Gasteiger charge is -2.49. The van der Waals surface area contributed by atoms with Crippen LogP contribution in [0.15, 0.2) is 24.3 Å². The van der Waals surface area contributed by atoms with Gasteiger partial charge in [-0.2, -0.15) is 13.2 Å². The number of carbonyl (C=O) groups excluding carboxylic acids is 2. The lowest BCUT2D eigenvalue weighted by atomic mass is 9.68. The van der Waals surface area contributed by atoms with Crippen LogP contribution in [0, 0.1) is 5.41 Å². The zero-order chi connectivity index (χ0) is 18.9. The molecule has 2 fully saturated rings. The third-order valence-corrected chi connectivity index (χ3v) is 5.78. The summed E-state index contributed by atoms with van der Waals surface area (Å²) in [6, 6.07) is 4.48. The summed E-state index contributed by atoms with van der Waals surface area (Å²) < 4.78 is 38.0. The summed E-state index contributed by atoms with van der Waals surface area (Å²) in [6.45, 7) is 3.16. The second kappa shape index (κ2) is 6.93. The molecule has 3 rings (SSSR count). The maximum absolute atomic E-state index is 12.8. The highest BCUT2D eigenvalue weighted by Crippen LogP contribution is 2.42. The molecule has 142 valence electrons. The van der Waals surface area contributed by atoms with Gasteiger partial charge in [0.2, 0.25) is 11.8 Å². The number of hydrogen-bond donors (Lipinski definition) is 1. The average Bonchev–Trinajstić information content (AvgIpc) is 2.59. The molecule has 1 N–H and O–H groups in total. The van der Waals surface area contributed by atoms with Crippen LogP contribution in [-0.4, -0.2) is 35.8 Å². The van der Waals surface area contributed by atoms with Crippen molar-refractivity contribution in [3.63, 3.8) is 0 Å². The first-order valence-corrected chi connectivity index (χ1v) is 8.98. The Bertz CT molecular complexity index is 683. The number of piperidine rings is 2. The zero-order valence-corrected chi connectivity index (χ0v) is 14.7. The van der Waals surface area contributed by atoms with E-state index in [2.05, 4.69) is 5.32 Å². The smallest absolute Gasteiger partial charge is 0.356 e. The van der Waals surface area contributed by atoms with Crippen molar-refractivity contribution in [3.05, 3.63) is 35.4 Å². The predicted molar refractivity (Wildman–Crippen MR) is 90.2 cm³/mol. The van der Waals surface area contributed by atoms with Gasteiger partial charge in [-0.3, -0.25) is 9.59 Å². The summed E-state index contributed by atoms with van der Waals surface area (Å²) in [5, 5.41) is 2.92. The highest BCUT2D eigenvalue weighted by Gasteiger charge is 2.49. The number of benzene rings is 1. The van der Waals surface area contributed by atoms with Crippen molar-refractivity contribution in [2.45, 2.75) is 51.2 Å². The molecule has 0 aliphatic carbocycles. The molecule has 0 unspecified atom stereocenters. The van der Waals surface area contributed by atoms with Crippen LogP contribution >= 0.6 is 0 Å². The Kier molecular flexibility index (Phi) is 4.99. The van der Waals surface area contributed by atoms with Gasteiger partial charge in [-0.1, -0.05) is 12.1 Å². The first kappa shape index (κ1) is 18.7. The largest absolute Gasteiger partial charge is 0.416 e. The van der Waals surface area contributed by atoms with Crippen molar-refractivity contribution in [2.24, 2.45) is 5.41 Å². The molecule has 26 heavy (non-hydrogen) atoms. The number of rotatable bonds is 2. The molecular formula is C19H23F3N2O2. The molecule has 0 aromatic heterocycles. The number of nitrogens with zero attached hydrogens (tertiary/aromatic N) is 1. The second-order valence-corrected chi connectivity index (χ2v) is 7.25. The van der Waals surface area contributed by atoms with Crippen LogP contribution in [0.1, 0.15) is 43.7 Å². The lowest BCUT2D eigenvalue weighted by Crippen LogP contribution is -2.61. The summed E-state index contributed by atoms with van der Waals surface area (Å²) >= 11 is 0. The Labute approximate surface area is 150 Å². The molecule has 0 radical (unpaired) electrons. The fourth-order valence-electron chi connectivity index (χ4n) is 4.23. The normalized spacial score (nSPS) is 26.7. The van der Waals surface area contributed by atoms with E-state index in [0.29, 0.717) is 18.7 Å². The molecule has 2 amide bonds. The van der Waals surface area contributed by atoms with Crippen molar-refractivity contribution >= 4 is 11.8 Å². The second-order valence-electron chi connectivity index (χ2n) is 7.25. The van der Waals surface area contributed by atoms with Crippen LogP contribution in [0.2, 0.25) is 0 Å². The number of carbonyl (C=O) groups is 2. The van der Waals surface area contributed by atoms with Gasteiger partial charge in [0.1, 0.15) is 0 Å². The summed E-state index contributed by atoms with van der Waals surface area (Å²) in [6.07, 6.45) is -1.15. The Morgan fingerprint density at radius 1 is 1.23 bits per heavy atom. The first-order valence-electron chi connectivity index (χ1n) is 8.98. The standard InChI is InChI=1S/C19H23F3N2O2/c1-13-18(8-2-10-23-17(18)26)9-3-11-24(13)16(25)12-14-4-6-15(7-5-14)19(20,21)22/h4-7,13H,2-3,8-12H2,1H3,(H,23,26)/t13-,18-/m0/s1. The Morgan fingerprint density at radius 2 is 1.88 bits per heavy atom. The number of nitrogens with one attached hydrogen (secondary N) is 1. The van der Waals surface area contributed by atoms with Crippen LogP contribution < -0.4 is 5.32 Å². The summed E-state index contributed by atoms with van der Waals surface area (Å²) in [4.78, 5) is 27.0. The van der Waals surface area contributed by atoms with E-state index in [1.54, 1.807) is 4.90 Å². The van der Waals surface area contributed by atoms with Gasteiger partial charge in [0.05, 0.1) is 17.4 Å². The topological polar surface area (TPSA) is 49.4 Å². The minimum absolute atomic E-state index is 0.0169. The van der Waals surface area contributed by atoms with Gasteiger partial charge in [-0.25, -0.2) is 0 Å². The van der Waals surface area contributed by atoms with Crippen LogP contribution in [0.25, 0.3) is 0 Å². The fourth-order valence-corrected chi connectivity index (χ4v) is 4.23. The van der Waals surface area contributed by atoms with Gasteiger partial charge in [0, 0.05) is 19.1 Å². The van der Waals surface area contributed by atoms with E-state index in [0.717, 1.165) is 37.8 Å². The number of halogens is 3. The third-order valence-electron chi connectivity index (χ3n) is 5.78. The maximum Gasteiger partial charge on any atom is 0.416 e. The predicted octanol–water partition coefficient (Wildman–Crippen LogP) is 3.16. The SMILES string of the molecule is C[C@@H]1N(C(=O)Cc2ccc(C(F)(F)F)cc2)CCC[C@@]12CCCNC2=O. The summed E-state index contributed by atoms with van der Waals surface area (Å²) in [5.41, 5.74) is -0.715. The van der Waals surface area contributed by atoms with Gasteiger partial charge < -0.3 is 10.2 Å². The molecule has 1 aromatic rings. The number of alkyl halides is 3. The van der Waals surface area contributed by atoms with Gasteiger partial charge in [0.15, 0.2) is 0 Å². The first-order chi connectivity index (χ1) is 12.2. The van der Waals surface area contributed by atoms with Crippen molar-refractivity contribution < 1.29 is 22.8 Å². The molecule has 1 spiro atoms. The Balaban J connectivity index is 1.72. The van der Waals surface area contributed by atoms with Crippen LogP contribution in [0.4, 0.5) is 13.2 Å². The molecule has 2 saturated heterocycles. The molecule has 4 nitrogen and oxygen atoms in total. The molecule has 2 atom stereocenters. The highest BCUT2D eigenvalue weighted by atomic mass is 19.4. The fraction of sp³-hybridized carbons (Fsp3) is 0.579. The Hall–Kier alpha value is -2.05. The average molecular weight is 368 g/mol. The summed E-state index contributed by atoms with van der Waals surface area (Å²) in [7, 11) is 0. The van der Waals surface area contributed by atoms with Gasteiger partial charge >= 0.3 is 6.18 Å². The van der Waals surface area contributed by atoms with E-state index >= 15 is 0 Å². The molecule has 2 heterocycles. The van der Waals surface area contributed by atoms with Crippen molar-refractivity contribution in [1.82, 2.24) is 10.2 Å². The number of hydrogen-bond acceptors (Lipinski definition) is 2. The van der Waals surface area contributed by atoms with Crippen molar-refractivity contribution in [1.29, 1.82) is 0 Å². The molecule has 0 bridgehead atoms. The minimum atomic E-state index is -4.38. The monoisotopic (exact) mass is 368 g/mol. The van der Waals surface area contributed by atoms with Crippen LogP contribution in [-0.2, 0) is 22.2 Å².